The average Bonchev–Trinajstić information content (AvgIpc) is 3.00. The fourth-order valence-corrected chi connectivity index (χ4v) is 3.76. The summed E-state index contributed by atoms with van der Waals surface area (Å²) in [4.78, 5) is 17.5. The second-order valence-electron chi connectivity index (χ2n) is 5.95. The second kappa shape index (κ2) is 9.67. The number of carbonyl (C=O) groups is 1. The van der Waals surface area contributed by atoms with E-state index in [9.17, 15) is 9.90 Å². The molecule has 0 saturated heterocycles. The van der Waals surface area contributed by atoms with E-state index in [4.69, 9.17) is 21.1 Å². The summed E-state index contributed by atoms with van der Waals surface area (Å²) < 4.78 is 10.6. The average molecular weight is 430 g/mol. The molecule has 150 valence electrons. The van der Waals surface area contributed by atoms with E-state index in [1.807, 2.05) is 31.2 Å². The molecule has 0 fully saturated rings. The number of carbonyl (C=O) groups excluding carboxylic acids is 1. The van der Waals surface area contributed by atoms with Gasteiger partial charge in [-0.1, -0.05) is 35.5 Å². The van der Waals surface area contributed by atoms with Crippen LogP contribution in [-0.4, -0.2) is 29.3 Å². The number of ether oxygens (including phenoxy) is 2. The van der Waals surface area contributed by atoms with Crippen LogP contribution in [0.2, 0.25) is 5.02 Å². The van der Waals surface area contributed by atoms with Gasteiger partial charge in [0.1, 0.15) is 22.1 Å². The van der Waals surface area contributed by atoms with Crippen molar-refractivity contribution in [1.29, 1.82) is 0 Å². The monoisotopic (exact) mass is 429 g/mol. The number of esters is 1. The molecule has 1 N–H and O–H groups in total. The summed E-state index contributed by atoms with van der Waals surface area (Å²) in [6.45, 7) is 4.43. The molecule has 1 heterocycles. The smallest absolute Gasteiger partial charge is 0.344 e. The van der Waals surface area contributed by atoms with E-state index in [0.29, 0.717) is 27.3 Å². The highest BCUT2D eigenvalue weighted by atomic mass is 35.5. The van der Waals surface area contributed by atoms with Crippen LogP contribution in [0.15, 0.2) is 69.8 Å². The zero-order valence-corrected chi connectivity index (χ0v) is 17.6. The summed E-state index contributed by atoms with van der Waals surface area (Å²) in [7, 11) is 0. The molecule has 1 aliphatic heterocycles. The number of benzene rings is 2. The zero-order valence-electron chi connectivity index (χ0n) is 16.0. The lowest BCUT2D eigenvalue weighted by molar-refractivity contribution is -0.138. The van der Waals surface area contributed by atoms with E-state index < -0.39 is 5.97 Å². The maximum Gasteiger partial charge on any atom is 0.344 e. The standard InChI is InChI=1S/C22H20ClNO4S/c1-3-27-17-11-5-14(6-12-17)13-18-20(25)19(22(26)28-4-2)21(29-18)24-16-9-7-15(23)8-10-16/h5-13,25H,3-4H2,1-2H3/b18-13+,24-21?. The van der Waals surface area contributed by atoms with Gasteiger partial charge in [-0.05, 0) is 61.9 Å². The van der Waals surface area contributed by atoms with E-state index >= 15 is 0 Å². The van der Waals surface area contributed by atoms with Gasteiger partial charge in [0.2, 0.25) is 0 Å². The first-order valence-corrected chi connectivity index (χ1v) is 10.3. The van der Waals surface area contributed by atoms with Crippen LogP contribution in [0.4, 0.5) is 5.69 Å². The Labute approximate surface area is 178 Å². The topological polar surface area (TPSA) is 68.1 Å². The molecule has 0 atom stereocenters. The van der Waals surface area contributed by atoms with E-state index in [0.717, 1.165) is 11.3 Å². The first kappa shape index (κ1) is 21.0. The molecule has 7 heteroatoms. The van der Waals surface area contributed by atoms with E-state index in [1.165, 1.54) is 11.8 Å². The number of thioether (sulfide) groups is 1. The van der Waals surface area contributed by atoms with Gasteiger partial charge in [0.25, 0.3) is 0 Å². The Morgan fingerprint density at radius 3 is 2.41 bits per heavy atom. The van der Waals surface area contributed by atoms with Gasteiger partial charge in [0.15, 0.2) is 0 Å². The van der Waals surface area contributed by atoms with Crippen molar-refractivity contribution in [3.63, 3.8) is 0 Å². The molecule has 29 heavy (non-hydrogen) atoms. The molecule has 0 aromatic heterocycles. The highest BCUT2D eigenvalue weighted by Gasteiger charge is 2.33. The van der Waals surface area contributed by atoms with Crippen molar-refractivity contribution in [3.8, 4) is 5.75 Å². The minimum absolute atomic E-state index is 0.0592. The van der Waals surface area contributed by atoms with Crippen LogP contribution < -0.4 is 4.74 Å². The molecule has 0 saturated carbocycles. The van der Waals surface area contributed by atoms with Crippen LogP contribution in [0.1, 0.15) is 19.4 Å². The molecule has 1 aliphatic rings. The summed E-state index contributed by atoms with van der Waals surface area (Å²) in [6, 6.07) is 14.4. The van der Waals surface area contributed by atoms with Gasteiger partial charge in [-0.2, -0.15) is 0 Å². The molecule has 3 rings (SSSR count). The van der Waals surface area contributed by atoms with Gasteiger partial charge in [-0.15, -0.1) is 0 Å². The van der Waals surface area contributed by atoms with Gasteiger partial charge >= 0.3 is 5.97 Å². The first-order chi connectivity index (χ1) is 14.0. The van der Waals surface area contributed by atoms with Crippen molar-refractivity contribution < 1.29 is 19.4 Å². The molecular weight excluding hydrogens is 410 g/mol. The van der Waals surface area contributed by atoms with E-state index in [1.54, 1.807) is 37.3 Å². The van der Waals surface area contributed by atoms with Crippen LogP contribution in [-0.2, 0) is 9.53 Å². The fraction of sp³-hybridized carbons (Fsp3) is 0.182. The van der Waals surface area contributed by atoms with Crippen molar-refractivity contribution >= 4 is 46.1 Å². The Hall–Kier alpha value is -2.70. The Kier molecular flexibility index (Phi) is 7.01. The number of halogens is 1. The number of hydrogen-bond acceptors (Lipinski definition) is 6. The van der Waals surface area contributed by atoms with Gasteiger partial charge in [0.05, 0.1) is 23.8 Å². The predicted molar refractivity (Wildman–Crippen MR) is 118 cm³/mol. The molecule has 5 nitrogen and oxygen atoms in total. The highest BCUT2D eigenvalue weighted by Crippen LogP contribution is 2.40. The third kappa shape index (κ3) is 5.22. The Balaban J connectivity index is 1.96. The zero-order chi connectivity index (χ0) is 20.8. The first-order valence-electron chi connectivity index (χ1n) is 9.09. The third-order valence-corrected chi connectivity index (χ3v) is 5.19. The van der Waals surface area contributed by atoms with Crippen molar-refractivity contribution in [2.24, 2.45) is 4.99 Å². The lowest BCUT2D eigenvalue weighted by Gasteiger charge is -2.03. The SMILES string of the molecule is CCOC(=O)C1=C(O)/C(=C\c2ccc(OCC)cc2)SC1=Nc1ccc(Cl)cc1. The van der Waals surface area contributed by atoms with Crippen molar-refractivity contribution in [2.75, 3.05) is 13.2 Å². The van der Waals surface area contributed by atoms with Gasteiger partial charge in [0, 0.05) is 5.02 Å². The number of hydrogen-bond donors (Lipinski definition) is 1. The minimum atomic E-state index is -0.611. The van der Waals surface area contributed by atoms with Crippen molar-refractivity contribution in [1.82, 2.24) is 0 Å². The van der Waals surface area contributed by atoms with Crippen molar-refractivity contribution in [2.45, 2.75) is 13.8 Å². The van der Waals surface area contributed by atoms with Crippen LogP contribution in [0.5, 0.6) is 5.75 Å². The largest absolute Gasteiger partial charge is 0.506 e. The summed E-state index contributed by atoms with van der Waals surface area (Å²) in [5.74, 6) is 0.0149. The van der Waals surface area contributed by atoms with Crippen molar-refractivity contribution in [3.05, 3.63) is 75.4 Å². The molecule has 2 aromatic carbocycles. The van der Waals surface area contributed by atoms with Gasteiger partial charge in [-0.25, -0.2) is 9.79 Å². The quantitative estimate of drug-likeness (QED) is 0.576. The van der Waals surface area contributed by atoms with E-state index in [-0.39, 0.29) is 17.9 Å². The lowest BCUT2D eigenvalue weighted by Crippen LogP contribution is -2.12. The van der Waals surface area contributed by atoms with Gasteiger partial charge < -0.3 is 14.6 Å². The normalized spacial score (nSPS) is 16.5. The molecule has 0 radical (unpaired) electrons. The maximum absolute atomic E-state index is 12.4. The van der Waals surface area contributed by atoms with Crippen LogP contribution in [0.3, 0.4) is 0 Å². The number of rotatable bonds is 6. The molecule has 0 spiro atoms. The number of aliphatic imine (C=N–C) groups is 1. The molecular formula is C22H20ClNO4S. The summed E-state index contributed by atoms with van der Waals surface area (Å²) in [6.07, 6.45) is 1.79. The summed E-state index contributed by atoms with van der Waals surface area (Å²) >= 11 is 7.13. The third-order valence-electron chi connectivity index (χ3n) is 3.92. The molecule has 0 aliphatic carbocycles. The Morgan fingerprint density at radius 1 is 1.10 bits per heavy atom. The van der Waals surface area contributed by atoms with Crippen LogP contribution in [0, 0.1) is 0 Å². The molecule has 0 unspecified atom stereocenters. The second-order valence-corrected chi connectivity index (χ2v) is 7.42. The lowest BCUT2D eigenvalue weighted by atomic mass is 10.1. The molecule has 0 bridgehead atoms. The molecule has 0 amide bonds. The number of aliphatic hydroxyl groups excluding tert-OH is 1. The minimum Gasteiger partial charge on any atom is -0.506 e. The number of nitrogens with zero attached hydrogens (tertiary/aromatic N) is 1. The summed E-state index contributed by atoms with van der Waals surface area (Å²) in [5.41, 5.74) is 1.54. The number of aliphatic hydroxyl groups is 1. The van der Waals surface area contributed by atoms with Crippen LogP contribution in [0.25, 0.3) is 6.08 Å². The summed E-state index contributed by atoms with van der Waals surface area (Å²) in [5, 5.41) is 11.7. The molecule has 2 aromatic rings. The van der Waals surface area contributed by atoms with Gasteiger partial charge in [-0.3, -0.25) is 0 Å². The fourth-order valence-electron chi connectivity index (χ4n) is 2.60. The Bertz CT molecular complexity index is 979. The van der Waals surface area contributed by atoms with E-state index in [2.05, 4.69) is 4.99 Å². The predicted octanol–water partition coefficient (Wildman–Crippen LogP) is 5.93. The Morgan fingerprint density at radius 2 is 1.79 bits per heavy atom. The van der Waals surface area contributed by atoms with Crippen LogP contribution >= 0.6 is 23.4 Å². The highest BCUT2D eigenvalue weighted by molar-refractivity contribution is 8.18. The maximum atomic E-state index is 12.4.